The number of hydrogen-bond donors (Lipinski definition) is 0. The molecule has 1 aromatic carbocycles. The van der Waals surface area contributed by atoms with Crippen LogP contribution in [0.5, 0.6) is 5.75 Å². The molecule has 4 atom stereocenters. The summed E-state index contributed by atoms with van der Waals surface area (Å²) in [5, 5.41) is 0. The van der Waals surface area contributed by atoms with E-state index in [1.165, 1.54) is 12.0 Å². The molecule has 108 valence electrons. The van der Waals surface area contributed by atoms with Crippen LogP contribution in [-0.2, 0) is 5.41 Å². The first-order chi connectivity index (χ1) is 9.52. The molecule has 20 heavy (non-hydrogen) atoms. The summed E-state index contributed by atoms with van der Waals surface area (Å²) < 4.78 is 21.7. The predicted molar refractivity (Wildman–Crippen MR) is 80.9 cm³/mol. The van der Waals surface area contributed by atoms with Gasteiger partial charge in [0.05, 0.1) is 7.11 Å². The highest BCUT2D eigenvalue weighted by Gasteiger charge is 2.59. The van der Waals surface area contributed by atoms with E-state index in [9.17, 15) is 0 Å². The Morgan fingerprint density at radius 1 is 1.20 bits per heavy atom. The quantitative estimate of drug-likeness (QED) is 0.735. The summed E-state index contributed by atoms with van der Waals surface area (Å²) in [5.74, 6) is 2.08. The number of alkyl halides is 1. The van der Waals surface area contributed by atoms with Crippen LogP contribution >= 0.6 is 15.9 Å². The van der Waals surface area contributed by atoms with Crippen molar-refractivity contribution in [3.05, 3.63) is 28.2 Å². The molecule has 3 unspecified atom stereocenters. The molecule has 0 aromatic heterocycles. The van der Waals surface area contributed by atoms with Gasteiger partial charge in [0.15, 0.2) is 0 Å². The van der Waals surface area contributed by atoms with Crippen molar-refractivity contribution in [1.29, 1.82) is 0 Å². The Labute approximate surface area is 128 Å². The number of rotatable bonds is 2. The Balaban J connectivity index is 1.83. The molecule has 4 aliphatic rings. The van der Waals surface area contributed by atoms with Gasteiger partial charge in [0, 0.05) is 15.5 Å². The highest BCUT2D eigenvalue weighted by molar-refractivity contribution is 9.10. The van der Waals surface area contributed by atoms with Crippen molar-refractivity contribution in [2.45, 2.75) is 49.6 Å². The summed E-state index contributed by atoms with van der Waals surface area (Å²) in [6.45, 7) is 0. The Hall–Kier alpha value is -0.570. The Kier molecular flexibility index (Phi) is 2.77. The lowest BCUT2D eigenvalue weighted by Gasteiger charge is -2.59. The van der Waals surface area contributed by atoms with Crippen LogP contribution in [0.4, 0.5) is 4.39 Å². The second kappa shape index (κ2) is 4.22. The Bertz CT molecular complexity index is 542. The Morgan fingerprint density at radius 2 is 1.90 bits per heavy atom. The summed E-state index contributed by atoms with van der Waals surface area (Å²) in [6.07, 6.45) is 5.80. The molecule has 1 aromatic rings. The lowest BCUT2D eigenvalue weighted by Crippen LogP contribution is -2.55. The largest absolute Gasteiger partial charge is 0.496 e. The number of methoxy groups -OCH3 is 1. The minimum absolute atomic E-state index is 0.00789. The average molecular weight is 339 g/mol. The van der Waals surface area contributed by atoms with E-state index in [0.29, 0.717) is 18.3 Å². The van der Waals surface area contributed by atoms with E-state index < -0.39 is 5.67 Å². The van der Waals surface area contributed by atoms with Crippen LogP contribution in [0.25, 0.3) is 0 Å². The molecule has 3 heteroatoms. The van der Waals surface area contributed by atoms with Crippen molar-refractivity contribution in [2.24, 2.45) is 11.8 Å². The molecule has 4 saturated carbocycles. The Morgan fingerprint density at radius 3 is 2.50 bits per heavy atom. The number of halogens is 2. The third-order valence-corrected chi connectivity index (χ3v) is 6.22. The van der Waals surface area contributed by atoms with Crippen molar-refractivity contribution < 1.29 is 9.13 Å². The molecular formula is C17H20BrFO. The van der Waals surface area contributed by atoms with Crippen LogP contribution in [-0.4, -0.2) is 12.8 Å². The molecule has 0 saturated heterocycles. The molecule has 1 nitrogen and oxygen atoms in total. The average Bonchev–Trinajstić information content (AvgIpc) is 2.35. The van der Waals surface area contributed by atoms with Crippen LogP contribution in [0.15, 0.2) is 22.7 Å². The van der Waals surface area contributed by atoms with Gasteiger partial charge in [0.25, 0.3) is 0 Å². The molecule has 0 heterocycles. The lowest BCUT2D eigenvalue weighted by atomic mass is 9.47. The fourth-order valence-electron chi connectivity index (χ4n) is 5.56. The third kappa shape index (κ3) is 1.85. The second-order valence-electron chi connectivity index (χ2n) is 7.24. The maximum Gasteiger partial charge on any atom is 0.122 e. The standard InChI is InChI=1S/C17H20BrFO/c1-20-15-3-2-13(18)5-14(15)16-6-11-4-12(7-16)9-17(19,8-11)10-16/h2-3,5,11-12H,4,6-10H2,1H3/t11-,12?,16?,17?/m0/s1. The normalized spacial score (nSPS) is 42.0. The highest BCUT2D eigenvalue weighted by atomic mass is 79.9. The van der Waals surface area contributed by atoms with Gasteiger partial charge in [-0.3, -0.25) is 0 Å². The van der Waals surface area contributed by atoms with Gasteiger partial charge in [0.1, 0.15) is 11.4 Å². The van der Waals surface area contributed by atoms with Gasteiger partial charge < -0.3 is 4.74 Å². The van der Waals surface area contributed by atoms with E-state index in [4.69, 9.17) is 4.74 Å². The van der Waals surface area contributed by atoms with E-state index >= 15 is 4.39 Å². The molecule has 0 N–H and O–H groups in total. The molecule has 0 aliphatic heterocycles. The summed E-state index contributed by atoms with van der Waals surface area (Å²) in [5.41, 5.74) is 0.316. The van der Waals surface area contributed by atoms with Crippen LogP contribution in [0.2, 0.25) is 0 Å². The first-order valence-corrected chi connectivity index (χ1v) is 8.34. The fraction of sp³-hybridized carbons (Fsp3) is 0.647. The number of ether oxygens (including phenoxy) is 1. The van der Waals surface area contributed by atoms with E-state index in [0.717, 1.165) is 35.9 Å². The van der Waals surface area contributed by atoms with E-state index in [1.807, 2.05) is 12.1 Å². The molecule has 0 spiro atoms. The third-order valence-electron chi connectivity index (χ3n) is 5.72. The zero-order valence-electron chi connectivity index (χ0n) is 11.8. The second-order valence-corrected chi connectivity index (χ2v) is 8.15. The summed E-state index contributed by atoms with van der Waals surface area (Å²) >= 11 is 3.57. The monoisotopic (exact) mass is 338 g/mol. The topological polar surface area (TPSA) is 9.23 Å². The zero-order chi connectivity index (χ0) is 14.0. The van der Waals surface area contributed by atoms with Crippen molar-refractivity contribution in [3.63, 3.8) is 0 Å². The van der Waals surface area contributed by atoms with Crippen LogP contribution in [0.1, 0.15) is 44.1 Å². The van der Waals surface area contributed by atoms with Gasteiger partial charge in [-0.1, -0.05) is 15.9 Å². The number of benzene rings is 1. The molecule has 0 radical (unpaired) electrons. The molecule has 0 amide bonds. The first kappa shape index (κ1) is 13.1. The minimum Gasteiger partial charge on any atom is -0.496 e. The first-order valence-electron chi connectivity index (χ1n) is 7.55. The minimum atomic E-state index is -0.919. The summed E-state index contributed by atoms with van der Waals surface area (Å²) in [7, 11) is 1.72. The van der Waals surface area contributed by atoms with E-state index in [2.05, 4.69) is 22.0 Å². The van der Waals surface area contributed by atoms with E-state index in [-0.39, 0.29) is 5.41 Å². The summed E-state index contributed by atoms with van der Waals surface area (Å²) in [4.78, 5) is 0. The van der Waals surface area contributed by atoms with E-state index in [1.54, 1.807) is 7.11 Å². The highest BCUT2D eigenvalue weighted by Crippen LogP contribution is 2.64. The van der Waals surface area contributed by atoms with Crippen molar-refractivity contribution in [3.8, 4) is 5.75 Å². The van der Waals surface area contributed by atoms with Gasteiger partial charge in [-0.2, -0.15) is 0 Å². The van der Waals surface area contributed by atoms with Crippen molar-refractivity contribution >= 4 is 15.9 Å². The summed E-state index contributed by atoms with van der Waals surface area (Å²) in [6, 6.07) is 6.19. The molecule has 4 bridgehead atoms. The van der Waals surface area contributed by atoms with Gasteiger partial charge >= 0.3 is 0 Å². The molecule has 5 rings (SSSR count). The lowest BCUT2D eigenvalue weighted by molar-refractivity contribution is -0.0898. The number of hydrogen-bond acceptors (Lipinski definition) is 1. The SMILES string of the molecule is COc1ccc(Br)cc1C12CC3C[C@H](CC(F)(C3)C1)C2. The van der Waals surface area contributed by atoms with Gasteiger partial charge in [-0.25, -0.2) is 4.39 Å². The smallest absolute Gasteiger partial charge is 0.122 e. The molecular weight excluding hydrogens is 319 g/mol. The maximum absolute atomic E-state index is 15.1. The van der Waals surface area contributed by atoms with Crippen molar-refractivity contribution in [1.82, 2.24) is 0 Å². The molecule has 4 aliphatic carbocycles. The molecule has 4 fully saturated rings. The van der Waals surface area contributed by atoms with Gasteiger partial charge in [0.2, 0.25) is 0 Å². The van der Waals surface area contributed by atoms with Crippen LogP contribution in [0.3, 0.4) is 0 Å². The van der Waals surface area contributed by atoms with Crippen molar-refractivity contribution in [2.75, 3.05) is 7.11 Å². The van der Waals surface area contributed by atoms with Gasteiger partial charge in [-0.05, 0) is 68.6 Å². The fourth-order valence-corrected chi connectivity index (χ4v) is 5.92. The van der Waals surface area contributed by atoms with Gasteiger partial charge in [-0.15, -0.1) is 0 Å². The van der Waals surface area contributed by atoms with Crippen LogP contribution < -0.4 is 4.74 Å². The maximum atomic E-state index is 15.1. The predicted octanol–water partition coefficient (Wildman–Crippen LogP) is 5.02. The zero-order valence-corrected chi connectivity index (χ0v) is 13.4. The van der Waals surface area contributed by atoms with Crippen LogP contribution in [0, 0.1) is 11.8 Å².